The Morgan fingerprint density at radius 2 is 1.84 bits per heavy atom. The molecule has 2 heterocycles. The number of halogens is 1. The summed E-state index contributed by atoms with van der Waals surface area (Å²) >= 11 is 0. The van der Waals surface area contributed by atoms with Crippen molar-refractivity contribution in [2.24, 2.45) is 0 Å². The van der Waals surface area contributed by atoms with Crippen molar-refractivity contribution in [2.75, 3.05) is 29.9 Å². The second kappa shape index (κ2) is 8.82. The molecule has 2 aromatic rings. The lowest BCUT2D eigenvalue weighted by Gasteiger charge is -2.19. The summed E-state index contributed by atoms with van der Waals surface area (Å²) in [6.45, 7) is 4.91. The lowest BCUT2D eigenvalue weighted by Crippen LogP contribution is -2.38. The van der Waals surface area contributed by atoms with E-state index in [2.05, 4.69) is 10.6 Å². The highest BCUT2D eigenvalue weighted by atomic mass is 19.1. The summed E-state index contributed by atoms with van der Waals surface area (Å²) in [7, 11) is 0. The van der Waals surface area contributed by atoms with Gasteiger partial charge in [0.1, 0.15) is 18.1 Å². The number of nitrogens with one attached hydrogen (secondary N) is 2. The Kier molecular flexibility index (Phi) is 5.94. The van der Waals surface area contributed by atoms with Crippen LogP contribution in [0.2, 0.25) is 0 Å². The molecule has 4 rings (SSSR count). The molecule has 0 atom stereocenters. The van der Waals surface area contributed by atoms with E-state index in [1.54, 1.807) is 18.2 Å². The quantitative estimate of drug-likeness (QED) is 0.555. The number of anilines is 2. The molecule has 4 amide bonds. The van der Waals surface area contributed by atoms with Crippen molar-refractivity contribution in [3.63, 3.8) is 0 Å². The zero-order chi connectivity index (χ0) is 22.8. The Morgan fingerprint density at radius 1 is 1.12 bits per heavy atom. The summed E-state index contributed by atoms with van der Waals surface area (Å²) in [4.78, 5) is 40.3. The summed E-state index contributed by atoms with van der Waals surface area (Å²) in [6.07, 6.45) is 3.53. The maximum Gasteiger partial charge on any atom is 0.329 e. The number of benzene rings is 2. The SMILES string of the molecule is Cc1cc(N2CCCC2)c(F)cc1C=C1NC(=O)N(CC(=O)Nc2ccccc2C)C1=O. The second-order valence-electron chi connectivity index (χ2n) is 8.10. The third kappa shape index (κ3) is 4.34. The standard InChI is InChI=1S/C24H25FN4O3/c1-15-7-3-4-8-19(15)26-22(30)14-29-23(31)20(27-24(29)32)13-17-12-18(25)21(11-16(17)2)28-9-5-6-10-28/h3-4,7-8,11-13H,5-6,9-10,14H2,1-2H3,(H,26,30)(H,27,32). The van der Waals surface area contributed by atoms with Gasteiger partial charge in [0.2, 0.25) is 5.91 Å². The van der Waals surface area contributed by atoms with Gasteiger partial charge in [-0.25, -0.2) is 14.1 Å². The number of hydrogen-bond acceptors (Lipinski definition) is 4. The molecule has 2 aromatic carbocycles. The normalized spacial score (nSPS) is 17.3. The number of aryl methyl sites for hydroxylation is 2. The molecule has 2 aliphatic rings. The van der Waals surface area contributed by atoms with Crippen LogP contribution in [0.1, 0.15) is 29.5 Å². The van der Waals surface area contributed by atoms with E-state index in [9.17, 15) is 18.8 Å². The van der Waals surface area contributed by atoms with Crippen LogP contribution < -0.4 is 15.5 Å². The molecule has 2 saturated heterocycles. The van der Waals surface area contributed by atoms with Crippen molar-refractivity contribution >= 4 is 35.3 Å². The average Bonchev–Trinajstić information content (AvgIpc) is 3.37. The first-order chi connectivity index (χ1) is 15.3. The number of urea groups is 1. The minimum atomic E-state index is -0.687. The van der Waals surface area contributed by atoms with E-state index < -0.39 is 24.4 Å². The van der Waals surface area contributed by atoms with E-state index in [4.69, 9.17) is 0 Å². The van der Waals surface area contributed by atoms with Crippen LogP contribution in [0.25, 0.3) is 6.08 Å². The number of imide groups is 1. The summed E-state index contributed by atoms with van der Waals surface area (Å²) in [5.41, 5.74) is 3.34. The van der Waals surface area contributed by atoms with Crippen LogP contribution in [-0.4, -0.2) is 42.4 Å². The van der Waals surface area contributed by atoms with Crippen LogP contribution in [0.15, 0.2) is 42.1 Å². The monoisotopic (exact) mass is 436 g/mol. The molecule has 0 spiro atoms. The maximum atomic E-state index is 14.7. The zero-order valence-electron chi connectivity index (χ0n) is 18.1. The zero-order valence-corrected chi connectivity index (χ0v) is 18.1. The van der Waals surface area contributed by atoms with E-state index in [0.29, 0.717) is 16.9 Å². The van der Waals surface area contributed by atoms with Gasteiger partial charge in [0, 0.05) is 18.8 Å². The number of rotatable bonds is 5. The van der Waals surface area contributed by atoms with Gasteiger partial charge in [-0.2, -0.15) is 0 Å². The van der Waals surface area contributed by atoms with Crippen LogP contribution in [0.3, 0.4) is 0 Å². The van der Waals surface area contributed by atoms with Gasteiger partial charge < -0.3 is 15.5 Å². The van der Waals surface area contributed by atoms with Crippen molar-refractivity contribution in [3.05, 3.63) is 64.6 Å². The van der Waals surface area contributed by atoms with E-state index in [-0.39, 0.29) is 11.5 Å². The molecule has 166 valence electrons. The average molecular weight is 436 g/mol. The van der Waals surface area contributed by atoms with Crippen LogP contribution >= 0.6 is 0 Å². The first kappa shape index (κ1) is 21.5. The van der Waals surface area contributed by atoms with Crippen molar-refractivity contribution in [1.82, 2.24) is 10.2 Å². The molecule has 0 bridgehead atoms. The first-order valence-electron chi connectivity index (χ1n) is 10.6. The largest absolute Gasteiger partial charge is 0.369 e. The lowest BCUT2D eigenvalue weighted by molar-refractivity contribution is -0.127. The molecule has 8 heteroatoms. The van der Waals surface area contributed by atoms with Gasteiger partial charge in [-0.3, -0.25) is 9.59 Å². The summed E-state index contributed by atoms with van der Waals surface area (Å²) in [5.74, 6) is -1.48. The number of para-hydroxylation sites is 1. The summed E-state index contributed by atoms with van der Waals surface area (Å²) in [5, 5.41) is 5.19. The predicted octanol–water partition coefficient (Wildman–Crippen LogP) is 3.57. The lowest BCUT2D eigenvalue weighted by atomic mass is 10.1. The molecule has 2 N–H and O–H groups in total. The third-order valence-corrected chi connectivity index (χ3v) is 5.77. The number of carbonyl (C=O) groups is 3. The van der Waals surface area contributed by atoms with Gasteiger partial charge in [-0.1, -0.05) is 18.2 Å². The molecular weight excluding hydrogens is 411 g/mol. The Hall–Kier alpha value is -3.68. The minimum Gasteiger partial charge on any atom is -0.369 e. The number of nitrogens with zero attached hydrogens (tertiary/aromatic N) is 2. The fourth-order valence-corrected chi connectivity index (χ4v) is 3.95. The van der Waals surface area contributed by atoms with Crippen molar-refractivity contribution in [3.8, 4) is 0 Å². The Balaban J connectivity index is 1.49. The molecule has 7 nitrogen and oxygen atoms in total. The summed E-state index contributed by atoms with van der Waals surface area (Å²) < 4.78 is 14.7. The molecule has 0 radical (unpaired) electrons. The molecule has 0 aromatic heterocycles. The highest BCUT2D eigenvalue weighted by molar-refractivity contribution is 6.16. The predicted molar refractivity (Wildman–Crippen MR) is 121 cm³/mol. The van der Waals surface area contributed by atoms with Gasteiger partial charge in [0.05, 0.1) is 5.69 Å². The number of carbonyl (C=O) groups excluding carboxylic acids is 3. The van der Waals surface area contributed by atoms with Crippen molar-refractivity contribution < 1.29 is 18.8 Å². The van der Waals surface area contributed by atoms with Gasteiger partial charge in [-0.05, 0) is 67.7 Å². The maximum absolute atomic E-state index is 14.7. The third-order valence-electron chi connectivity index (χ3n) is 5.77. The van der Waals surface area contributed by atoms with Gasteiger partial charge >= 0.3 is 6.03 Å². The number of amides is 4. The van der Waals surface area contributed by atoms with E-state index in [1.807, 2.05) is 30.9 Å². The highest BCUT2D eigenvalue weighted by Gasteiger charge is 2.35. The second-order valence-corrected chi connectivity index (χ2v) is 8.10. The Labute approximate surface area is 185 Å². The fraction of sp³-hybridized carbons (Fsp3) is 0.292. The van der Waals surface area contributed by atoms with Gasteiger partial charge in [-0.15, -0.1) is 0 Å². The first-order valence-corrected chi connectivity index (χ1v) is 10.6. The number of hydrogen-bond donors (Lipinski definition) is 2. The molecule has 0 saturated carbocycles. The van der Waals surface area contributed by atoms with E-state index >= 15 is 0 Å². The smallest absolute Gasteiger partial charge is 0.329 e. The Morgan fingerprint density at radius 3 is 2.56 bits per heavy atom. The van der Waals surface area contributed by atoms with Gasteiger partial charge in [0.15, 0.2) is 0 Å². The van der Waals surface area contributed by atoms with Crippen molar-refractivity contribution in [2.45, 2.75) is 26.7 Å². The van der Waals surface area contributed by atoms with Gasteiger partial charge in [0.25, 0.3) is 5.91 Å². The molecule has 32 heavy (non-hydrogen) atoms. The highest BCUT2D eigenvalue weighted by Crippen LogP contribution is 2.28. The molecule has 0 aliphatic carbocycles. The molecule has 2 aliphatic heterocycles. The topological polar surface area (TPSA) is 81.8 Å². The van der Waals surface area contributed by atoms with E-state index in [1.165, 1.54) is 12.1 Å². The molecular formula is C24H25FN4O3. The van der Waals surface area contributed by atoms with Crippen LogP contribution in [0, 0.1) is 19.7 Å². The van der Waals surface area contributed by atoms with Crippen LogP contribution in [-0.2, 0) is 9.59 Å². The fourth-order valence-electron chi connectivity index (χ4n) is 3.95. The van der Waals surface area contributed by atoms with Crippen molar-refractivity contribution in [1.29, 1.82) is 0 Å². The molecule has 0 unspecified atom stereocenters. The Bertz CT molecular complexity index is 1120. The molecule has 2 fully saturated rings. The van der Waals surface area contributed by atoms with E-state index in [0.717, 1.165) is 42.0 Å². The summed E-state index contributed by atoms with van der Waals surface area (Å²) in [6, 6.07) is 9.68. The minimum absolute atomic E-state index is 0.00936. The van der Waals surface area contributed by atoms with Crippen LogP contribution in [0.4, 0.5) is 20.6 Å². The van der Waals surface area contributed by atoms with Crippen LogP contribution in [0.5, 0.6) is 0 Å².